The summed E-state index contributed by atoms with van der Waals surface area (Å²) in [7, 11) is 0. The Morgan fingerprint density at radius 3 is 2.33 bits per heavy atom. The van der Waals surface area contributed by atoms with Crippen LogP contribution in [-0.4, -0.2) is 28.7 Å². The molecule has 6 heteroatoms. The zero-order valence-corrected chi connectivity index (χ0v) is 9.60. The van der Waals surface area contributed by atoms with E-state index in [9.17, 15) is 14.0 Å². The van der Waals surface area contributed by atoms with Gasteiger partial charge >= 0.3 is 11.9 Å². The van der Waals surface area contributed by atoms with Crippen LogP contribution < -0.4 is 5.32 Å². The molecule has 1 aromatic rings. The molecule has 0 fully saturated rings. The molecule has 0 saturated carbocycles. The summed E-state index contributed by atoms with van der Waals surface area (Å²) < 4.78 is 12.6. The van der Waals surface area contributed by atoms with Crippen molar-refractivity contribution in [2.24, 2.45) is 5.92 Å². The maximum atomic E-state index is 12.6. The van der Waals surface area contributed by atoms with Crippen LogP contribution in [0.25, 0.3) is 0 Å². The van der Waals surface area contributed by atoms with Gasteiger partial charge in [0.05, 0.1) is 12.3 Å². The highest BCUT2D eigenvalue weighted by molar-refractivity contribution is 5.77. The van der Waals surface area contributed by atoms with Crippen LogP contribution in [0.4, 0.5) is 4.39 Å². The summed E-state index contributed by atoms with van der Waals surface area (Å²) in [6, 6.07) is 5.77. The summed E-state index contributed by atoms with van der Waals surface area (Å²) in [5.74, 6) is -3.61. The monoisotopic (exact) mass is 255 g/mol. The van der Waals surface area contributed by atoms with Crippen molar-refractivity contribution < 1.29 is 24.2 Å². The molecule has 0 spiro atoms. The maximum absolute atomic E-state index is 12.6. The Hall–Kier alpha value is -1.95. The lowest BCUT2D eigenvalue weighted by Crippen LogP contribution is -2.30. The Labute approximate surface area is 103 Å². The zero-order chi connectivity index (χ0) is 13.5. The van der Waals surface area contributed by atoms with Gasteiger partial charge in [0.2, 0.25) is 0 Å². The number of carbonyl (C=O) groups is 2. The van der Waals surface area contributed by atoms with Crippen LogP contribution in [0.2, 0.25) is 0 Å². The van der Waals surface area contributed by atoms with Crippen LogP contribution in [0.1, 0.15) is 12.0 Å². The summed E-state index contributed by atoms with van der Waals surface area (Å²) in [6.07, 6.45) is -0.425. The van der Waals surface area contributed by atoms with Gasteiger partial charge in [0, 0.05) is 13.1 Å². The third kappa shape index (κ3) is 4.92. The standard InChI is InChI=1S/C12H14FNO4/c13-10-3-1-8(2-4-10)6-14-7-9(12(17)18)5-11(15)16/h1-4,9,14H,5-7H2,(H,15,16)(H,17,18). The molecule has 0 aliphatic heterocycles. The minimum Gasteiger partial charge on any atom is -0.481 e. The second-order valence-electron chi connectivity index (χ2n) is 3.89. The lowest BCUT2D eigenvalue weighted by molar-refractivity contribution is -0.148. The van der Waals surface area contributed by atoms with Gasteiger partial charge in [-0.3, -0.25) is 9.59 Å². The Balaban J connectivity index is 2.41. The van der Waals surface area contributed by atoms with E-state index in [0.717, 1.165) is 5.56 Å². The van der Waals surface area contributed by atoms with Crippen LogP contribution in [-0.2, 0) is 16.1 Å². The minimum absolute atomic E-state index is 0.0546. The molecule has 1 unspecified atom stereocenters. The van der Waals surface area contributed by atoms with Crippen molar-refractivity contribution in [3.05, 3.63) is 35.6 Å². The lowest BCUT2D eigenvalue weighted by atomic mass is 10.1. The fourth-order valence-corrected chi connectivity index (χ4v) is 1.45. The molecule has 18 heavy (non-hydrogen) atoms. The van der Waals surface area contributed by atoms with E-state index in [4.69, 9.17) is 10.2 Å². The number of benzene rings is 1. The van der Waals surface area contributed by atoms with Gasteiger partial charge in [0.1, 0.15) is 5.82 Å². The Kier molecular flexibility index (Phi) is 5.26. The number of carboxylic acids is 2. The van der Waals surface area contributed by atoms with Crippen molar-refractivity contribution in [1.29, 1.82) is 0 Å². The Morgan fingerprint density at radius 1 is 1.22 bits per heavy atom. The summed E-state index contributed by atoms with van der Waals surface area (Å²) in [5, 5.41) is 20.2. The molecule has 0 aliphatic carbocycles. The largest absolute Gasteiger partial charge is 0.481 e. The highest BCUT2D eigenvalue weighted by atomic mass is 19.1. The maximum Gasteiger partial charge on any atom is 0.308 e. The van der Waals surface area contributed by atoms with Crippen molar-refractivity contribution in [1.82, 2.24) is 5.32 Å². The molecule has 0 aromatic heterocycles. The van der Waals surface area contributed by atoms with E-state index in [1.165, 1.54) is 12.1 Å². The molecule has 0 heterocycles. The molecule has 98 valence electrons. The average molecular weight is 255 g/mol. The van der Waals surface area contributed by atoms with Gasteiger partial charge in [-0.1, -0.05) is 12.1 Å². The van der Waals surface area contributed by atoms with Gasteiger partial charge in [-0.25, -0.2) is 4.39 Å². The van der Waals surface area contributed by atoms with E-state index < -0.39 is 24.3 Å². The molecule has 0 saturated heterocycles. The van der Waals surface area contributed by atoms with Crippen molar-refractivity contribution in [3.8, 4) is 0 Å². The Morgan fingerprint density at radius 2 is 1.83 bits per heavy atom. The predicted octanol–water partition coefficient (Wildman–Crippen LogP) is 1.09. The van der Waals surface area contributed by atoms with Gasteiger partial charge in [-0.05, 0) is 17.7 Å². The van der Waals surface area contributed by atoms with Gasteiger partial charge in [0.15, 0.2) is 0 Å². The third-order valence-corrected chi connectivity index (χ3v) is 2.40. The van der Waals surface area contributed by atoms with Crippen LogP contribution >= 0.6 is 0 Å². The fraction of sp³-hybridized carbons (Fsp3) is 0.333. The number of carboxylic acid groups (broad SMARTS) is 2. The molecule has 0 aliphatic rings. The van der Waals surface area contributed by atoms with Crippen LogP contribution in [0.3, 0.4) is 0 Å². The van der Waals surface area contributed by atoms with E-state index >= 15 is 0 Å². The lowest BCUT2D eigenvalue weighted by Gasteiger charge is -2.11. The van der Waals surface area contributed by atoms with Gasteiger partial charge < -0.3 is 15.5 Å². The van der Waals surface area contributed by atoms with E-state index in [2.05, 4.69) is 5.32 Å². The normalized spacial score (nSPS) is 12.1. The summed E-state index contributed by atoms with van der Waals surface area (Å²) >= 11 is 0. The predicted molar refractivity (Wildman–Crippen MR) is 61.5 cm³/mol. The first-order chi connectivity index (χ1) is 8.49. The highest BCUT2D eigenvalue weighted by Crippen LogP contribution is 2.05. The first kappa shape index (κ1) is 14.1. The topological polar surface area (TPSA) is 86.6 Å². The number of halogens is 1. The highest BCUT2D eigenvalue weighted by Gasteiger charge is 2.20. The van der Waals surface area contributed by atoms with E-state index in [-0.39, 0.29) is 12.4 Å². The molecule has 3 N–H and O–H groups in total. The van der Waals surface area contributed by atoms with Crippen LogP contribution in [0.5, 0.6) is 0 Å². The molecule has 1 aromatic carbocycles. The molecule has 0 radical (unpaired) electrons. The SMILES string of the molecule is O=C(O)CC(CNCc1ccc(F)cc1)C(=O)O. The van der Waals surface area contributed by atoms with E-state index in [0.29, 0.717) is 6.54 Å². The minimum atomic E-state index is -1.15. The molecule has 0 bridgehead atoms. The average Bonchev–Trinajstić information content (AvgIpc) is 2.29. The summed E-state index contributed by atoms with van der Waals surface area (Å²) in [5.41, 5.74) is 0.802. The first-order valence-electron chi connectivity index (χ1n) is 5.39. The molecular formula is C12H14FNO4. The van der Waals surface area contributed by atoms with Gasteiger partial charge in [-0.15, -0.1) is 0 Å². The molecular weight excluding hydrogens is 241 g/mol. The number of hydrogen-bond acceptors (Lipinski definition) is 3. The van der Waals surface area contributed by atoms with Crippen molar-refractivity contribution in [3.63, 3.8) is 0 Å². The van der Waals surface area contributed by atoms with Crippen LogP contribution in [0, 0.1) is 11.7 Å². The van der Waals surface area contributed by atoms with Crippen molar-refractivity contribution in [2.75, 3.05) is 6.54 Å². The quantitative estimate of drug-likeness (QED) is 0.679. The number of hydrogen-bond donors (Lipinski definition) is 3. The molecule has 1 rings (SSSR count). The number of rotatable bonds is 7. The van der Waals surface area contributed by atoms with E-state index in [1.807, 2.05) is 0 Å². The second kappa shape index (κ2) is 6.70. The number of nitrogens with one attached hydrogen (secondary N) is 1. The third-order valence-electron chi connectivity index (χ3n) is 2.40. The fourth-order valence-electron chi connectivity index (χ4n) is 1.45. The first-order valence-corrected chi connectivity index (χ1v) is 5.39. The second-order valence-corrected chi connectivity index (χ2v) is 3.89. The van der Waals surface area contributed by atoms with Gasteiger partial charge in [0.25, 0.3) is 0 Å². The smallest absolute Gasteiger partial charge is 0.308 e. The van der Waals surface area contributed by atoms with E-state index in [1.54, 1.807) is 12.1 Å². The molecule has 0 amide bonds. The van der Waals surface area contributed by atoms with Crippen molar-refractivity contribution >= 4 is 11.9 Å². The van der Waals surface area contributed by atoms with Gasteiger partial charge in [-0.2, -0.15) is 0 Å². The van der Waals surface area contributed by atoms with Crippen molar-refractivity contribution in [2.45, 2.75) is 13.0 Å². The van der Waals surface area contributed by atoms with Crippen LogP contribution in [0.15, 0.2) is 24.3 Å². The zero-order valence-electron chi connectivity index (χ0n) is 9.60. The molecule has 5 nitrogen and oxygen atoms in total. The summed E-state index contributed by atoms with van der Waals surface area (Å²) in [6.45, 7) is 0.419. The summed E-state index contributed by atoms with van der Waals surface area (Å²) in [4.78, 5) is 21.2. The molecule has 1 atom stereocenters. The number of aliphatic carboxylic acids is 2. The Bertz CT molecular complexity index is 419.